The van der Waals surface area contributed by atoms with Gasteiger partial charge in [0.2, 0.25) is 0 Å². The largest absolute Gasteiger partial charge is 0.461 e. The average molecular weight is 337 g/mol. The number of fused-ring (bicyclic) bond motifs is 3. The summed E-state index contributed by atoms with van der Waals surface area (Å²) in [5, 5.41) is 2.19. The average Bonchev–Trinajstić information content (AvgIpc) is 2.98. The van der Waals surface area contributed by atoms with Crippen molar-refractivity contribution in [2.75, 3.05) is 13.2 Å². The lowest BCUT2D eigenvalue weighted by Crippen LogP contribution is -2.21. The summed E-state index contributed by atoms with van der Waals surface area (Å²) >= 11 is 0. The molecule has 5 nitrogen and oxygen atoms in total. The van der Waals surface area contributed by atoms with Crippen molar-refractivity contribution >= 4 is 33.7 Å². The summed E-state index contributed by atoms with van der Waals surface area (Å²) in [7, 11) is 0. The van der Waals surface area contributed by atoms with Gasteiger partial charge in [0.15, 0.2) is 0 Å². The third-order valence-electron chi connectivity index (χ3n) is 4.08. The molecule has 0 radical (unpaired) electrons. The van der Waals surface area contributed by atoms with Gasteiger partial charge in [-0.05, 0) is 19.1 Å². The zero-order valence-corrected chi connectivity index (χ0v) is 14.0. The molecular formula is C20H19NO4. The number of esters is 2. The van der Waals surface area contributed by atoms with Crippen LogP contribution in [0.4, 0.5) is 0 Å². The molecule has 2 aromatic carbocycles. The molecule has 0 fully saturated rings. The van der Waals surface area contributed by atoms with Gasteiger partial charge in [-0.25, -0.2) is 9.59 Å². The van der Waals surface area contributed by atoms with Crippen LogP contribution in [0.2, 0.25) is 0 Å². The van der Waals surface area contributed by atoms with Crippen molar-refractivity contribution in [3.05, 3.63) is 61.2 Å². The Labute approximate surface area is 145 Å². The maximum absolute atomic E-state index is 12.4. The molecule has 0 aliphatic carbocycles. The molecule has 1 aromatic heterocycles. The maximum Gasteiger partial charge on any atom is 0.330 e. The van der Waals surface area contributed by atoms with Crippen molar-refractivity contribution in [3.63, 3.8) is 0 Å². The molecule has 0 spiro atoms. The molecule has 0 bridgehead atoms. The Morgan fingerprint density at radius 3 is 2.08 bits per heavy atom. The van der Waals surface area contributed by atoms with Gasteiger partial charge < -0.3 is 14.0 Å². The van der Waals surface area contributed by atoms with E-state index in [0.29, 0.717) is 0 Å². The highest BCUT2D eigenvalue weighted by molar-refractivity contribution is 6.08. The van der Waals surface area contributed by atoms with Crippen LogP contribution in [-0.2, 0) is 19.1 Å². The Hall–Kier alpha value is -3.08. The molecule has 25 heavy (non-hydrogen) atoms. The van der Waals surface area contributed by atoms with Gasteiger partial charge in [-0.3, -0.25) is 0 Å². The first-order valence-electron chi connectivity index (χ1n) is 8.07. The number of benzene rings is 2. The highest BCUT2D eigenvalue weighted by atomic mass is 16.6. The van der Waals surface area contributed by atoms with Crippen molar-refractivity contribution in [1.82, 2.24) is 4.57 Å². The lowest BCUT2D eigenvalue weighted by molar-refractivity contribution is -0.152. The zero-order chi connectivity index (χ0) is 17.8. The van der Waals surface area contributed by atoms with Crippen LogP contribution in [0.1, 0.15) is 13.0 Å². The fourth-order valence-electron chi connectivity index (χ4n) is 2.94. The van der Waals surface area contributed by atoms with Crippen molar-refractivity contribution in [3.8, 4) is 0 Å². The molecule has 0 amide bonds. The van der Waals surface area contributed by atoms with Crippen LogP contribution >= 0.6 is 0 Å². The molecule has 1 atom stereocenters. The van der Waals surface area contributed by atoms with Gasteiger partial charge in [0.25, 0.3) is 0 Å². The Bertz CT molecular complexity index is 888. The summed E-state index contributed by atoms with van der Waals surface area (Å²) in [5.74, 6) is -0.910. The number of hydrogen-bond acceptors (Lipinski definition) is 4. The van der Waals surface area contributed by atoms with Gasteiger partial charge in [-0.2, -0.15) is 0 Å². The van der Waals surface area contributed by atoms with E-state index >= 15 is 0 Å². The molecule has 0 aliphatic heterocycles. The summed E-state index contributed by atoms with van der Waals surface area (Å²) in [6.07, 6.45) is 1.07. The number of ether oxygens (including phenoxy) is 2. The van der Waals surface area contributed by atoms with E-state index in [1.165, 1.54) is 0 Å². The van der Waals surface area contributed by atoms with Crippen LogP contribution in [0.25, 0.3) is 21.8 Å². The third-order valence-corrected chi connectivity index (χ3v) is 4.08. The van der Waals surface area contributed by atoms with Crippen molar-refractivity contribution in [2.45, 2.75) is 13.0 Å². The van der Waals surface area contributed by atoms with Crippen LogP contribution in [-0.4, -0.2) is 29.7 Å². The standard InChI is InChI=1S/C20H19NO4/c1-3-19(22)24-12-13-25-20(23)14(2)21-17-10-6-4-8-15(17)16-9-5-7-11-18(16)21/h3-11,14H,1,12-13H2,2H3. The summed E-state index contributed by atoms with van der Waals surface area (Å²) in [5.41, 5.74) is 1.96. The first kappa shape index (κ1) is 16.8. The minimum absolute atomic E-state index is 0.0104. The van der Waals surface area contributed by atoms with Crippen LogP contribution in [0.3, 0.4) is 0 Å². The first-order chi connectivity index (χ1) is 12.1. The highest BCUT2D eigenvalue weighted by Crippen LogP contribution is 2.31. The number of hydrogen-bond donors (Lipinski definition) is 0. The summed E-state index contributed by atoms with van der Waals surface area (Å²) in [6, 6.07) is 15.4. The maximum atomic E-state index is 12.4. The molecule has 0 N–H and O–H groups in total. The molecule has 5 heteroatoms. The number of carbonyl (C=O) groups excluding carboxylic acids is 2. The molecule has 3 rings (SSSR count). The minimum Gasteiger partial charge on any atom is -0.461 e. The van der Waals surface area contributed by atoms with Crippen LogP contribution in [0.5, 0.6) is 0 Å². The Kier molecular flexibility index (Phi) is 4.84. The lowest BCUT2D eigenvalue weighted by Gasteiger charge is -2.16. The monoisotopic (exact) mass is 337 g/mol. The quantitative estimate of drug-likeness (QED) is 0.391. The normalized spacial score (nSPS) is 12.0. The van der Waals surface area contributed by atoms with Crippen LogP contribution in [0.15, 0.2) is 61.2 Å². The van der Waals surface area contributed by atoms with E-state index in [0.717, 1.165) is 27.9 Å². The first-order valence-corrected chi connectivity index (χ1v) is 8.07. The molecular weight excluding hydrogens is 318 g/mol. The van der Waals surface area contributed by atoms with E-state index in [4.69, 9.17) is 9.47 Å². The number of para-hydroxylation sites is 2. The molecule has 1 heterocycles. The Balaban J connectivity index is 1.83. The summed E-state index contributed by atoms with van der Waals surface area (Å²) < 4.78 is 12.0. The highest BCUT2D eigenvalue weighted by Gasteiger charge is 2.21. The molecule has 0 saturated heterocycles. The topological polar surface area (TPSA) is 57.5 Å². The van der Waals surface area contributed by atoms with E-state index < -0.39 is 12.0 Å². The van der Waals surface area contributed by atoms with Crippen molar-refractivity contribution < 1.29 is 19.1 Å². The molecule has 3 aromatic rings. The van der Waals surface area contributed by atoms with Crippen LogP contribution < -0.4 is 0 Å². The van der Waals surface area contributed by atoms with Gasteiger partial charge in [0.1, 0.15) is 19.3 Å². The van der Waals surface area contributed by atoms with Crippen molar-refractivity contribution in [1.29, 1.82) is 0 Å². The van der Waals surface area contributed by atoms with E-state index in [2.05, 4.69) is 6.58 Å². The van der Waals surface area contributed by atoms with Crippen LogP contribution in [0, 0.1) is 0 Å². The van der Waals surface area contributed by atoms with Gasteiger partial charge in [0, 0.05) is 27.9 Å². The number of nitrogens with zero attached hydrogens (tertiary/aromatic N) is 1. The number of rotatable bonds is 6. The summed E-state index contributed by atoms with van der Waals surface area (Å²) in [4.78, 5) is 23.4. The van der Waals surface area contributed by atoms with E-state index in [1.807, 2.05) is 53.1 Å². The number of carbonyl (C=O) groups is 2. The summed E-state index contributed by atoms with van der Waals surface area (Å²) in [6.45, 7) is 5.14. The molecule has 1 unspecified atom stereocenters. The second-order valence-corrected chi connectivity index (χ2v) is 5.62. The van der Waals surface area contributed by atoms with E-state index in [1.54, 1.807) is 6.92 Å². The van der Waals surface area contributed by atoms with Gasteiger partial charge in [-0.1, -0.05) is 43.0 Å². The Morgan fingerprint density at radius 2 is 1.52 bits per heavy atom. The minimum atomic E-state index is -0.536. The smallest absolute Gasteiger partial charge is 0.330 e. The number of aromatic nitrogens is 1. The lowest BCUT2D eigenvalue weighted by atomic mass is 10.2. The fourth-order valence-corrected chi connectivity index (χ4v) is 2.94. The van der Waals surface area contributed by atoms with E-state index in [9.17, 15) is 9.59 Å². The Morgan fingerprint density at radius 1 is 1.00 bits per heavy atom. The van der Waals surface area contributed by atoms with Gasteiger partial charge >= 0.3 is 11.9 Å². The predicted molar refractivity (Wildman–Crippen MR) is 96.3 cm³/mol. The molecule has 128 valence electrons. The third kappa shape index (κ3) is 3.26. The SMILES string of the molecule is C=CC(=O)OCCOC(=O)C(C)n1c2ccccc2c2ccccc21. The van der Waals surface area contributed by atoms with Gasteiger partial charge in [-0.15, -0.1) is 0 Å². The molecule has 0 aliphatic rings. The second-order valence-electron chi connectivity index (χ2n) is 5.62. The van der Waals surface area contributed by atoms with Gasteiger partial charge in [0.05, 0.1) is 0 Å². The van der Waals surface area contributed by atoms with Crippen molar-refractivity contribution in [2.24, 2.45) is 0 Å². The molecule has 0 saturated carbocycles. The van der Waals surface area contributed by atoms with E-state index in [-0.39, 0.29) is 19.2 Å². The zero-order valence-electron chi connectivity index (χ0n) is 14.0. The second kappa shape index (κ2) is 7.21. The predicted octanol–water partition coefficient (Wildman–Crippen LogP) is 3.63. The fraction of sp³-hybridized carbons (Fsp3) is 0.200.